The number of allylic oxidation sites excluding steroid dienone is 26. The van der Waals surface area contributed by atoms with Crippen LogP contribution in [0.15, 0.2) is 158 Å². The summed E-state index contributed by atoms with van der Waals surface area (Å²) in [6.07, 6.45) is 75.9. The van der Waals surface area contributed by atoms with Gasteiger partial charge in [0.1, 0.15) is 12.1 Å². The lowest BCUT2D eigenvalue weighted by atomic mass is 10.1. The number of carbonyl (C=O) groups excluding carboxylic acids is 1. The summed E-state index contributed by atoms with van der Waals surface area (Å²) < 4.78 is 33.4. The van der Waals surface area contributed by atoms with E-state index < -0.39 is 45.1 Å². The summed E-state index contributed by atoms with van der Waals surface area (Å²) in [4.78, 5) is 33.7. The number of esters is 1. The lowest BCUT2D eigenvalue weighted by molar-refractivity contribution is -0.154. The minimum atomic E-state index is -4.66. The van der Waals surface area contributed by atoms with E-state index in [2.05, 4.69) is 172 Å². The van der Waals surface area contributed by atoms with Crippen molar-refractivity contribution >= 4 is 19.8 Å². The Labute approximate surface area is 418 Å². The molecule has 0 aromatic rings. The average Bonchev–Trinajstić information content (AvgIpc) is 3.33. The van der Waals surface area contributed by atoms with E-state index in [1.807, 2.05) is 0 Å². The van der Waals surface area contributed by atoms with Crippen LogP contribution < -0.4 is 5.73 Å². The number of hydrogen-bond donors (Lipinski definition) is 3. The molecule has 3 atom stereocenters. The topological polar surface area (TPSA) is 155 Å². The highest BCUT2D eigenvalue weighted by atomic mass is 31.2. The third-order valence-electron chi connectivity index (χ3n) is 9.80. The van der Waals surface area contributed by atoms with Crippen LogP contribution in [0.3, 0.4) is 0 Å². The number of nitrogens with two attached hydrogens (primary N) is 1. The van der Waals surface area contributed by atoms with E-state index in [9.17, 15) is 19.0 Å². The zero-order valence-corrected chi connectivity index (χ0v) is 43.2. The van der Waals surface area contributed by atoms with Crippen LogP contribution in [0.2, 0.25) is 0 Å². The predicted molar refractivity (Wildman–Crippen MR) is 290 cm³/mol. The van der Waals surface area contributed by atoms with Crippen LogP contribution >= 0.6 is 7.82 Å². The first kappa shape index (κ1) is 64.6. The summed E-state index contributed by atoms with van der Waals surface area (Å²) >= 11 is 0. The number of ether oxygens (including phenoxy) is 2. The Hall–Kier alpha value is -4.41. The fraction of sp³-hybridized carbons (Fsp3) is 0.517. The summed E-state index contributed by atoms with van der Waals surface area (Å²) in [6.45, 7) is 3.47. The molecule has 10 nitrogen and oxygen atoms in total. The monoisotopic (exact) mass is 976 g/mol. The zero-order chi connectivity index (χ0) is 50.4. The van der Waals surface area contributed by atoms with Crippen molar-refractivity contribution in [1.29, 1.82) is 0 Å². The van der Waals surface area contributed by atoms with E-state index in [-0.39, 0.29) is 13.0 Å². The molecule has 0 aromatic heterocycles. The lowest BCUT2D eigenvalue weighted by Gasteiger charge is -2.20. The van der Waals surface area contributed by atoms with Crippen molar-refractivity contribution in [2.75, 3.05) is 26.4 Å². The lowest BCUT2D eigenvalue weighted by Crippen LogP contribution is -2.34. The number of phosphoric acid groups is 1. The zero-order valence-electron chi connectivity index (χ0n) is 42.3. The van der Waals surface area contributed by atoms with Crippen molar-refractivity contribution in [3.8, 4) is 0 Å². The first-order chi connectivity index (χ1) is 33.7. The van der Waals surface area contributed by atoms with Gasteiger partial charge in [-0.3, -0.25) is 18.6 Å². The highest BCUT2D eigenvalue weighted by Crippen LogP contribution is 2.43. The molecule has 11 heteroatoms. The molecule has 0 aliphatic rings. The Kier molecular flexibility index (Phi) is 48.2. The number of carbonyl (C=O) groups is 2. The summed E-state index contributed by atoms with van der Waals surface area (Å²) in [5.41, 5.74) is 5.37. The molecule has 0 bridgehead atoms. The molecule has 0 heterocycles. The molecule has 0 rings (SSSR count). The maximum absolute atomic E-state index is 12.7. The summed E-state index contributed by atoms with van der Waals surface area (Å²) in [7, 11) is -4.66. The molecule has 0 amide bonds. The summed E-state index contributed by atoms with van der Waals surface area (Å²) in [5.74, 6) is -1.84. The second-order valence-corrected chi connectivity index (χ2v) is 17.6. The van der Waals surface area contributed by atoms with Crippen LogP contribution in [0, 0.1) is 0 Å². The molecular formula is C58H90NO9P. The van der Waals surface area contributed by atoms with Gasteiger partial charge < -0.3 is 25.2 Å². The quantitative estimate of drug-likeness (QED) is 0.0232. The molecule has 0 aliphatic carbocycles. The SMILES string of the molecule is CC/C=C\C/C=C\C/C=C\C/C=C\C/C=C\C/C=C\C/C=C\CCCCOCC(COP(=O)(O)OCC(N)C(=O)O)OC(=O)CCCCCC/C=C\C/C=C\C/C=C\C/C=C\C/C=C\C/C=C\CC. The smallest absolute Gasteiger partial charge is 0.472 e. The molecule has 0 saturated heterocycles. The van der Waals surface area contributed by atoms with Gasteiger partial charge in [-0.25, -0.2) is 4.57 Å². The van der Waals surface area contributed by atoms with Crippen molar-refractivity contribution in [1.82, 2.24) is 0 Å². The van der Waals surface area contributed by atoms with Crippen LogP contribution in [0.1, 0.15) is 155 Å². The third-order valence-corrected chi connectivity index (χ3v) is 10.8. The molecule has 0 radical (unpaired) electrons. The van der Waals surface area contributed by atoms with Crippen molar-refractivity contribution in [3.05, 3.63) is 158 Å². The van der Waals surface area contributed by atoms with Crippen LogP contribution in [-0.2, 0) is 32.7 Å². The first-order valence-electron chi connectivity index (χ1n) is 25.5. The van der Waals surface area contributed by atoms with E-state index in [0.717, 1.165) is 128 Å². The molecule has 0 saturated carbocycles. The Balaban J connectivity index is 4.36. The number of carboxylic acids is 1. The Morgan fingerprint density at radius 1 is 0.464 bits per heavy atom. The number of aliphatic carboxylic acids is 1. The largest absolute Gasteiger partial charge is 0.480 e. The summed E-state index contributed by atoms with van der Waals surface area (Å²) in [5, 5.41) is 8.93. The minimum Gasteiger partial charge on any atom is -0.480 e. The number of carboxylic acid groups (broad SMARTS) is 1. The number of hydrogen-bond acceptors (Lipinski definition) is 8. The first-order valence-corrected chi connectivity index (χ1v) is 27.0. The van der Waals surface area contributed by atoms with E-state index in [1.54, 1.807) is 0 Å². The van der Waals surface area contributed by atoms with E-state index in [1.165, 1.54) is 0 Å². The Morgan fingerprint density at radius 2 is 0.797 bits per heavy atom. The van der Waals surface area contributed by atoms with E-state index >= 15 is 0 Å². The molecule has 69 heavy (non-hydrogen) atoms. The molecule has 0 aliphatic heterocycles. The summed E-state index contributed by atoms with van der Waals surface area (Å²) in [6, 6.07) is -1.50. The minimum absolute atomic E-state index is 0.0368. The number of rotatable bonds is 46. The van der Waals surface area contributed by atoms with Gasteiger partial charge in [-0.05, 0) is 122 Å². The van der Waals surface area contributed by atoms with Crippen molar-refractivity contribution in [3.63, 3.8) is 0 Å². The standard InChI is InChI=1S/C58H90NO9P/c1-3-5-7-9-11-13-15-17-19-21-23-25-27-29-31-33-35-37-39-41-43-45-47-49-51-65-52-55(53-66-69(63,64)67-54-56(59)58(61)62)68-57(60)50-48-46-44-42-40-38-36-34-32-30-28-26-24-22-20-18-16-14-12-10-8-6-4-2/h5-8,11-14,17-20,23-26,29-32,35-38,41,43,55-56H,3-4,9-10,15-16,21-22,27-28,33-34,39-40,42,44-54,59H2,1-2H3,(H,61,62)(H,63,64)/b7-5-,8-6-,13-11-,14-12-,19-17-,20-18-,25-23-,26-24-,31-29-,32-30-,37-35-,38-36-,43-41-. The molecule has 3 unspecified atom stereocenters. The van der Waals surface area contributed by atoms with Crippen LogP contribution in [0.25, 0.3) is 0 Å². The van der Waals surface area contributed by atoms with Gasteiger partial charge in [0, 0.05) is 13.0 Å². The van der Waals surface area contributed by atoms with E-state index in [4.69, 9.17) is 29.4 Å². The fourth-order valence-electron chi connectivity index (χ4n) is 5.94. The van der Waals surface area contributed by atoms with Gasteiger partial charge in [0.15, 0.2) is 0 Å². The van der Waals surface area contributed by atoms with Gasteiger partial charge >= 0.3 is 19.8 Å². The number of phosphoric ester groups is 1. The highest BCUT2D eigenvalue weighted by Gasteiger charge is 2.27. The van der Waals surface area contributed by atoms with Gasteiger partial charge in [-0.2, -0.15) is 0 Å². The van der Waals surface area contributed by atoms with E-state index in [0.29, 0.717) is 13.0 Å². The Morgan fingerprint density at radius 3 is 1.17 bits per heavy atom. The second kappa shape index (κ2) is 51.4. The molecular weight excluding hydrogens is 886 g/mol. The molecule has 0 spiro atoms. The number of unbranched alkanes of at least 4 members (excludes halogenated alkanes) is 6. The highest BCUT2D eigenvalue weighted by molar-refractivity contribution is 7.47. The fourth-order valence-corrected chi connectivity index (χ4v) is 6.72. The molecule has 0 aromatic carbocycles. The molecule has 386 valence electrons. The van der Waals surface area contributed by atoms with Crippen molar-refractivity contribution in [2.45, 2.75) is 167 Å². The van der Waals surface area contributed by atoms with Crippen molar-refractivity contribution in [2.24, 2.45) is 5.73 Å². The van der Waals surface area contributed by atoms with Crippen LogP contribution in [0.5, 0.6) is 0 Å². The molecule has 0 fully saturated rings. The maximum atomic E-state index is 12.7. The van der Waals surface area contributed by atoms with Gasteiger partial charge in [0.25, 0.3) is 0 Å². The second-order valence-electron chi connectivity index (χ2n) is 16.2. The van der Waals surface area contributed by atoms with Gasteiger partial charge in [0.05, 0.1) is 19.8 Å². The third kappa shape index (κ3) is 51.3. The van der Waals surface area contributed by atoms with Gasteiger partial charge in [-0.1, -0.05) is 185 Å². The average molecular weight is 976 g/mol. The van der Waals surface area contributed by atoms with Crippen LogP contribution in [0.4, 0.5) is 0 Å². The normalized spacial score (nSPS) is 15.0. The van der Waals surface area contributed by atoms with Gasteiger partial charge in [0.2, 0.25) is 0 Å². The van der Waals surface area contributed by atoms with Gasteiger partial charge in [-0.15, -0.1) is 0 Å². The maximum Gasteiger partial charge on any atom is 0.472 e. The predicted octanol–water partition coefficient (Wildman–Crippen LogP) is 15.3. The molecule has 4 N–H and O–H groups in total. The Bertz CT molecular complexity index is 1700. The van der Waals surface area contributed by atoms with Crippen LogP contribution in [-0.4, -0.2) is 60.5 Å². The van der Waals surface area contributed by atoms with Crippen molar-refractivity contribution < 1.29 is 42.7 Å².